The van der Waals surface area contributed by atoms with Crippen molar-refractivity contribution in [2.75, 3.05) is 17.4 Å². The maximum atomic E-state index is 14.5. The average molecular weight is 566 g/mol. The minimum Gasteiger partial charge on any atom is -0.355 e. The summed E-state index contributed by atoms with van der Waals surface area (Å²) in [6, 6.07) is 16.6. The van der Waals surface area contributed by atoms with Crippen molar-refractivity contribution in [2.24, 2.45) is 0 Å². The van der Waals surface area contributed by atoms with Gasteiger partial charge in [0.25, 0.3) is 10.0 Å². The van der Waals surface area contributed by atoms with E-state index >= 15 is 0 Å². The third-order valence-electron chi connectivity index (χ3n) is 5.61. The highest BCUT2D eigenvalue weighted by Crippen LogP contribution is 2.33. The van der Waals surface area contributed by atoms with E-state index in [1.54, 1.807) is 31.2 Å². The monoisotopic (exact) mass is 565 g/mol. The molecule has 1 atom stereocenters. The molecule has 7 nitrogen and oxygen atoms in total. The summed E-state index contributed by atoms with van der Waals surface area (Å²) in [5, 5.41) is 2.94. The Morgan fingerprint density at radius 2 is 1.65 bits per heavy atom. The van der Waals surface area contributed by atoms with Crippen LogP contribution in [0.1, 0.15) is 19.4 Å². The van der Waals surface area contributed by atoms with Gasteiger partial charge in [-0.2, -0.15) is 0 Å². The number of carbonyl (C=O) groups excluding carboxylic acids is 2. The highest BCUT2D eigenvalue weighted by atomic mass is 35.5. The zero-order valence-electron chi connectivity index (χ0n) is 20.2. The van der Waals surface area contributed by atoms with Crippen LogP contribution in [0.5, 0.6) is 0 Å². The molecule has 0 heterocycles. The molecule has 1 N–H and O–H groups in total. The van der Waals surface area contributed by atoms with Gasteiger partial charge in [-0.1, -0.05) is 59.6 Å². The predicted octanol–water partition coefficient (Wildman–Crippen LogP) is 4.88. The van der Waals surface area contributed by atoms with Crippen LogP contribution < -0.4 is 9.62 Å². The number of hydrogen-bond acceptors (Lipinski definition) is 4. The Kier molecular flexibility index (Phi) is 9.53. The lowest BCUT2D eigenvalue weighted by molar-refractivity contribution is -0.139. The number of anilines is 1. The molecule has 3 aromatic rings. The summed E-state index contributed by atoms with van der Waals surface area (Å²) in [7, 11) is -4.27. The van der Waals surface area contributed by atoms with Gasteiger partial charge in [0.1, 0.15) is 18.4 Å². The summed E-state index contributed by atoms with van der Waals surface area (Å²) in [4.78, 5) is 27.4. The summed E-state index contributed by atoms with van der Waals surface area (Å²) in [6.45, 7) is 2.59. The zero-order chi connectivity index (χ0) is 27.2. The molecule has 0 aliphatic rings. The SMILES string of the molecule is CCNC(=O)[C@H](C)N(Cc1ccccc1F)C(=O)CN(c1ccc(Cl)cc1Cl)S(=O)(=O)c1ccccc1. The van der Waals surface area contributed by atoms with E-state index in [2.05, 4.69) is 5.32 Å². The number of hydrogen-bond donors (Lipinski definition) is 1. The summed E-state index contributed by atoms with van der Waals surface area (Å²) in [5.74, 6) is -1.75. The molecule has 3 rings (SSSR count). The Balaban J connectivity index is 2.07. The first kappa shape index (κ1) is 28.4. The molecule has 3 aromatic carbocycles. The largest absolute Gasteiger partial charge is 0.355 e. The van der Waals surface area contributed by atoms with Gasteiger partial charge in [-0.25, -0.2) is 12.8 Å². The molecule has 11 heteroatoms. The minimum atomic E-state index is -4.27. The minimum absolute atomic E-state index is 0.0113. The van der Waals surface area contributed by atoms with Crippen LogP contribution >= 0.6 is 23.2 Å². The zero-order valence-corrected chi connectivity index (χ0v) is 22.5. The van der Waals surface area contributed by atoms with E-state index in [0.29, 0.717) is 6.54 Å². The van der Waals surface area contributed by atoms with Crippen LogP contribution in [0, 0.1) is 5.82 Å². The Labute approximate surface area is 225 Å². The topological polar surface area (TPSA) is 86.8 Å². The van der Waals surface area contributed by atoms with Gasteiger partial charge in [0, 0.05) is 23.7 Å². The molecule has 0 bridgehead atoms. The van der Waals surface area contributed by atoms with Crippen molar-refractivity contribution in [3.05, 3.63) is 94.2 Å². The van der Waals surface area contributed by atoms with Crippen LogP contribution in [0.2, 0.25) is 10.0 Å². The molecule has 37 heavy (non-hydrogen) atoms. The molecule has 0 radical (unpaired) electrons. The number of nitrogens with one attached hydrogen (secondary N) is 1. The molecule has 0 saturated carbocycles. The van der Waals surface area contributed by atoms with Crippen molar-refractivity contribution in [1.82, 2.24) is 10.2 Å². The normalized spacial score (nSPS) is 12.0. The van der Waals surface area contributed by atoms with Gasteiger partial charge >= 0.3 is 0 Å². The van der Waals surface area contributed by atoms with Gasteiger partial charge in [-0.15, -0.1) is 0 Å². The summed E-state index contributed by atoms with van der Waals surface area (Å²) < 4.78 is 42.7. The Morgan fingerprint density at radius 3 is 2.27 bits per heavy atom. The van der Waals surface area contributed by atoms with Crippen molar-refractivity contribution >= 4 is 50.7 Å². The first-order valence-corrected chi connectivity index (χ1v) is 13.6. The Hall–Kier alpha value is -3.14. The van der Waals surface area contributed by atoms with E-state index in [0.717, 1.165) is 9.21 Å². The molecular weight excluding hydrogens is 540 g/mol. The average Bonchev–Trinajstić information content (AvgIpc) is 2.87. The van der Waals surface area contributed by atoms with Gasteiger partial charge in [-0.05, 0) is 50.2 Å². The summed E-state index contributed by atoms with van der Waals surface area (Å²) in [6.07, 6.45) is 0. The van der Waals surface area contributed by atoms with Crippen molar-refractivity contribution in [3.63, 3.8) is 0 Å². The van der Waals surface area contributed by atoms with Crippen LogP contribution in [0.25, 0.3) is 0 Å². The third-order valence-corrected chi connectivity index (χ3v) is 7.92. The number of halogens is 3. The van der Waals surface area contributed by atoms with Crippen LogP contribution in [0.15, 0.2) is 77.7 Å². The number of sulfonamides is 1. The molecule has 0 saturated heterocycles. The summed E-state index contributed by atoms with van der Waals surface area (Å²) >= 11 is 12.4. The molecule has 0 unspecified atom stereocenters. The van der Waals surface area contributed by atoms with Crippen LogP contribution in [-0.4, -0.2) is 44.3 Å². The highest BCUT2D eigenvalue weighted by molar-refractivity contribution is 7.92. The van der Waals surface area contributed by atoms with Crippen molar-refractivity contribution in [3.8, 4) is 0 Å². The number of rotatable bonds is 10. The van der Waals surface area contributed by atoms with Gasteiger partial charge in [0.2, 0.25) is 11.8 Å². The molecule has 0 aromatic heterocycles. The maximum Gasteiger partial charge on any atom is 0.264 e. The lowest BCUT2D eigenvalue weighted by Gasteiger charge is -2.32. The van der Waals surface area contributed by atoms with E-state index in [-0.39, 0.29) is 32.7 Å². The molecule has 0 aliphatic carbocycles. The third kappa shape index (κ3) is 6.80. The first-order valence-electron chi connectivity index (χ1n) is 11.4. The fourth-order valence-electron chi connectivity index (χ4n) is 3.63. The van der Waals surface area contributed by atoms with Crippen molar-refractivity contribution < 1.29 is 22.4 Å². The second kappa shape index (κ2) is 12.4. The number of nitrogens with zero attached hydrogens (tertiary/aromatic N) is 2. The fraction of sp³-hybridized carbons (Fsp3) is 0.231. The van der Waals surface area contributed by atoms with E-state index in [4.69, 9.17) is 23.2 Å². The first-order chi connectivity index (χ1) is 17.6. The lowest BCUT2D eigenvalue weighted by Crippen LogP contribution is -2.51. The lowest BCUT2D eigenvalue weighted by atomic mass is 10.1. The van der Waals surface area contributed by atoms with E-state index < -0.39 is 40.2 Å². The van der Waals surface area contributed by atoms with E-state index in [1.807, 2.05) is 0 Å². The standard InChI is InChI=1S/C26H26Cl2FN3O4S/c1-3-30-26(34)18(2)31(16-19-9-7-8-12-23(19)29)25(33)17-32(24-14-13-20(27)15-22(24)28)37(35,36)21-10-5-4-6-11-21/h4-15,18H,3,16-17H2,1-2H3,(H,30,34)/t18-/m0/s1. The Morgan fingerprint density at radius 1 is 1.00 bits per heavy atom. The Bertz CT molecular complexity index is 1370. The molecule has 196 valence electrons. The van der Waals surface area contributed by atoms with Gasteiger partial charge < -0.3 is 10.2 Å². The molecule has 0 fully saturated rings. The predicted molar refractivity (Wildman–Crippen MR) is 143 cm³/mol. The number of benzene rings is 3. The molecular formula is C26H26Cl2FN3O4S. The fourth-order valence-corrected chi connectivity index (χ4v) is 5.65. The quantitative estimate of drug-likeness (QED) is 0.379. The van der Waals surface area contributed by atoms with E-state index in [9.17, 15) is 22.4 Å². The number of amides is 2. The van der Waals surface area contributed by atoms with Crippen molar-refractivity contribution in [2.45, 2.75) is 31.3 Å². The maximum absolute atomic E-state index is 14.5. The van der Waals surface area contributed by atoms with Crippen LogP contribution in [-0.2, 0) is 26.2 Å². The highest BCUT2D eigenvalue weighted by Gasteiger charge is 2.33. The summed E-state index contributed by atoms with van der Waals surface area (Å²) in [5.41, 5.74) is 0.203. The van der Waals surface area contributed by atoms with Gasteiger partial charge in [-0.3, -0.25) is 13.9 Å². The van der Waals surface area contributed by atoms with Crippen molar-refractivity contribution in [1.29, 1.82) is 0 Å². The smallest absolute Gasteiger partial charge is 0.264 e. The van der Waals surface area contributed by atoms with Crippen LogP contribution in [0.4, 0.5) is 10.1 Å². The van der Waals surface area contributed by atoms with E-state index in [1.165, 1.54) is 55.5 Å². The number of carbonyl (C=O) groups is 2. The van der Waals surface area contributed by atoms with Gasteiger partial charge in [0.05, 0.1) is 15.6 Å². The molecule has 0 spiro atoms. The second-order valence-electron chi connectivity index (χ2n) is 8.10. The number of likely N-dealkylation sites (N-methyl/N-ethyl adjacent to an activating group) is 1. The van der Waals surface area contributed by atoms with Gasteiger partial charge in [0.15, 0.2) is 0 Å². The second-order valence-corrected chi connectivity index (χ2v) is 10.8. The molecule has 0 aliphatic heterocycles. The molecule has 2 amide bonds. The van der Waals surface area contributed by atoms with Crippen LogP contribution in [0.3, 0.4) is 0 Å².